The average molecular weight is 265 g/mol. The van der Waals surface area contributed by atoms with Crippen LogP contribution in [0, 0.1) is 0 Å². The Labute approximate surface area is 81.1 Å². The maximum absolute atomic E-state index is 11.1. The van der Waals surface area contributed by atoms with E-state index in [1.807, 2.05) is 6.92 Å². The van der Waals surface area contributed by atoms with Crippen molar-refractivity contribution < 1.29 is 8.42 Å². The Kier molecular flexibility index (Phi) is 5.68. The molecule has 0 amide bonds. The molecule has 0 unspecified atom stereocenters. The fraction of sp³-hybridized carbons (Fsp3) is 1.00. The van der Waals surface area contributed by atoms with Gasteiger partial charge in [0.05, 0.1) is 5.75 Å². The number of hydrogen-bond donors (Lipinski definition) is 0. The molecule has 6 heteroatoms. The molecule has 0 aliphatic carbocycles. The zero-order valence-electron chi connectivity index (χ0n) is 6.26. The van der Waals surface area contributed by atoms with Crippen LogP contribution in [0.25, 0.3) is 0 Å². The predicted molar refractivity (Wildman–Crippen MR) is 50.4 cm³/mol. The summed E-state index contributed by atoms with van der Waals surface area (Å²) in [6.45, 7) is 2.39. The van der Waals surface area contributed by atoms with E-state index in [9.17, 15) is 8.42 Å². The van der Waals surface area contributed by atoms with Crippen molar-refractivity contribution in [2.45, 2.75) is 13.3 Å². The molecule has 0 aromatic rings. The molecule has 11 heavy (non-hydrogen) atoms. The summed E-state index contributed by atoms with van der Waals surface area (Å²) in [6.07, 6.45) is 0.784. The lowest BCUT2D eigenvalue weighted by Crippen LogP contribution is -2.25. The molecule has 0 bridgehead atoms. The van der Waals surface area contributed by atoms with Gasteiger partial charge in [0.15, 0.2) is 0 Å². The highest BCUT2D eigenvalue weighted by atomic mass is 79.9. The van der Waals surface area contributed by atoms with Gasteiger partial charge in [-0.05, 0) is 6.42 Å². The summed E-state index contributed by atoms with van der Waals surface area (Å²) in [5, 5.41) is 0. The summed E-state index contributed by atoms with van der Waals surface area (Å²) in [7, 11) is -3.15. The van der Waals surface area contributed by atoms with Crippen molar-refractivity contribution in [1.29, 1.82) is 0 Å². The molecule has 0 heterocycles. The number of hydrogen-bond acceptors (Lipinski definition) is 2. The molecule has 0 fully saturated rings. The largest absolute Gasteiger partial charge is 0.224 e. The van der Waals surface area contributed by atoms with Crippen LogP contribution in [0.2, 0.25) is 0 Å². The van der Waals surface area contributed by atoms with E-state index in [2.05, 4.69) is 16.1 Å². The molecule has 0 spiro atoms. The molecule has 0 aliphatic rings. The van der Waals surface area contributed by atoms with Crippen LogP contribution in [0.3, 0.4) is 0 Å². The quantitative estimate of drug-likeness (QED) is 0.558. The second kappa shape index (κ2) is 5.35. The molecule has 0 rings (SSSR count). The first-order chi connectivity index (χ1) is 5.04. The number of alkyl halides is 1. The third-order valence-corrected chi connectivity index (χ3v) is 4.63. The third-order valence-electron chi connectivity index (χ3n) is 1.04. The van der Waals surface area contributed by atoms with Gasteiger partial charge in [-0.3, -0.25) is 0 Å². The van der Waals surface area contributed by atoms with Crippen LogP contribution in [0.4, 0.5) is 0 Å². The average Bonchev–Trinajstić information content (AvgIpc) is 1.88. The van der Waals surface area contributed by atoms with Crippen molar-refractivity contribution >= 4 is 37.8 Å². The van der Waals surface area contributed by atoms with Gasteiger partial charge in [-0.15, -0.1) is 14.9 Å². The van der Waals surface area contributed by atoms with Crippen LogP contribution in [0.1, 0.15) is 13.3 Å². The monoisotopic (exact) mass is 263 g/mol. The van der Waals surface area contributed by atoms with Crippen LogP contribution < -0.4 is 0 Å². The minimum atomic E-state index is -3.15. The highest BCUT2D eigenvalue weighted by Gasteiger charge is 2.16. The molecule has 0 atom stereocenters. The van der Waals surface area contributed by atoms with Crippen LogP contribution in [0.5, 0.6) is 0 Å². The van der Waals surface area contributed by atoms with Crippen LogP contribution in [-0.4, -0.2) is 29.9 Å². The lowest BCUT2D eigenvalue weighted by atomic mass is 10.5. The minimum Gasteiger partial charge on any atom is -0.211 e. The van der Waals surface area contributed by atoms with Crippen LogP contribution in [-0.2, 0) is 10.0 Å². The second-order valence-corrected chi connectivity index (χ2v) is 5.73. The predicted octanol–water partition coefficient (Wildman–Crippen LogP) is 1.58. The summed E-state index contributed by atoms with van der Waals surface area (Å²) < 4.78 is 23.4. The van der Waals surface area contributed by atoms with Crippen molar-refractivity contribution in [2.75, 3.05) is 18.2 Å². The smallest absolute Gasteiger partial charge is 0.211 e. The van der Waals surface area contributed by atoms with E-state index in [-0.39, 0.29) is 11.6 Å². The van der Waals surface area contributed by atoms with E-state index in [0.29, 0.717) is 6.54 Å². The highest BCUT2D eigenvalue weighted by molar-refractivity contribution is 9.08. The molecule has 0 aliphatic heterocycles. The number of nitrogens with zero attached hydrogens (tertiary/aromatic N) is 1. The zero-order chi connectivity index (χ0) is 8.91. The van der Waals surface area contributed by atoms with Crippen LogP contribution in [0.15, 0.2) is 0 Å². The van der Waals surface area contributed by atoms with E-state index in [1.165, 1.54) is 0 Å². The van der Waals surface area contributed by atoms with Crippen molar-refractivity contribution in [3.8, 4) is 0 Å². The molecule has 3 nitrogen and oxygen atoms in total. The summed E-state index contributed by atoms with van der Waals surface area (Å²) >= 11 is 8.25. The van der Waals surface area contributed by atoms with Crippen LogP contribution >= 0.6 is 27.7 Å². The Bertz CT molecular complexity index is 195. The standard InChI is InChI=1S/C5H11BrClNO2S/c1-2-4-8(6)11(9,10)5-3-7/h2-5H2,1H3. The van der Waals surface area contributed by atoms with E-state index in [1.54, 1.807) is 0 Å². The van der Waals surface area contributed by atoms with E-state index in [4.69, 9.17) is 11.6 Å². The van der Waals surface area contributed by atoms with Crippen molar-refractivity contribution in [3.05, 3.63) is 0 Å². The van der Waals surface area contributed by atoms with E-state index < -0.39 is 10.0 Å². The Morgan fingerprint density at radius 2 is 2.09 bits per heavy atom. The van der Waals surface area contributed by atoms with Gasteiger partial charge >= 0.3 is 0 Å². The van der Waals surface area contributed by atoms with Gasteiger partial charge < -0.3 is 0 Å². The molecule has 0 N–H and O–H groups in total. The van der Waals surface area contributed by atoms with E-state index in [0.717, 1.165) is 9.75 Å². The van der Waals surface area contributed by atoms with Gasteiger partial charge in [0.1, 0.15) is 0 Å². The van der Waals surface area contributed by atoms with Gasteiger partial charge in [-0.25, -0.2) is 8.42 Å². The fourth-order valence-electron chi connectivity index (χ4n) is 0.511. The lowest BCUT2D eigenvalue weighted by molar-refractivity contribution is 0.546. The van der Waals surface area contributed by atoms with Gasteiger partial charge in [0.25, 0.3) is 0 Å². The summed E-state index contributed by atoms with van der Waals surface area (Å²) in [4.78, 5) is 0. The fourth-order valence-corrected chi connectivity index (χ4v) is 2.74. The summed E-state index contributed by atoms with van der Waals surface area (Å²) in [5.41, 5.74) is 0. The van der Waals surface area contributed by atoms with Gasteiger partial charge in [-0.2, -0.15) is 0 Å². The SMILES string of the molecule is CCCN(Br)S(=O)(=O)CCCl. The highest BCUT2D eigenvalue weighted by Crippen LogP contribution is 2.08. The Morgan fingerprint density at radius 1 is 1.55 bits per heavy atom. The molecule has 68 valence electrons. The first-order valence-corrected chi connectivity index (χ1v) is 6.12. The summed E-state index contributed by atoms with van der Waals surface area (Å²) in [5.74, 6) is 0.119. The third kappa shape index (κ3) is 4.30. The number of halogens is 2. The molecule has 0 radical (unpaired) electrons. The number of sulfonamides is 1. The maximum atomic E-state index is 11.1. The first-order valence-electron chi connectivity index (χ1n) is 3.26. The second-order valence-electron chi connectivity index (χ2n) is 2.02. The molecular weight excluding hydrogens is 253 g/mol. The molecule has 0 aromatic carbocycles. The van der Waals surface area contributed by atoms with Gasteiger partial charge in [-0.1, -0.05) is 6.92 Å². The Morgan fingerprint density at radius 3 is 2.45 bits per heavy atom. The molecular formula is C5H11BrClNO2S. The molecule has 0 aromatic heterocycles. The maximum Gasteiger partial charge on any atom is 0.224 e. The van der Waals surface area contributed by atoms with E-state index >= 15 is 0 Å². The molecule has 0 saturated heterocycles. The lowest BCUT2D eigenvalue weighted by Gasteiger charge is -2.11. The zero-order valence-corrected chi connectivity index (χ0v) is 9.41. The number of rotatable bonds is 5. The molecule has 0 saturated carbocycles. The topological polar surface area (TPSA) is 37.4 Å². The van der Waals surface area contributed by atoms with Crippen molar-refractivity contribution in [2.24, 2.45) is 0 Å². The Balaban J connectivity index is 4.07. The van der Waals surface area contributed by atoms with Gasteiger partial charge in [0, 0.05) is 28.6 Å². The van der Waals surface area contributed by atoms with Crippen molar-refractivity contribution in [3.63, 3.8) is 0 Å². The van der Waals surface area contributed by atoms with Gasteiger partial charge in [0.2, 0.25) is 10.0 Å². The minimum absolute atomic E-state index is 0.0141. The Hall–Kier alpha value is 0.680. The normalized spacial score (nSPS) is 12.4. The first kappa shape index (κ1) is 11.7. The van der Waals surface area contributed by atoms with Crippen molar-refractivity contribution in [1.82, 2.24) is 3.33 Å². The summed E-state index contributed by atoms with van der Waals surface area (Å²) in [6, 6.07) is 0.